The van der Waals surface area contributed by atoms with E-state index in [1.165, 1.54) is 0 Å². The Kier molecular flexibility index (Phi) is 4.78. The first-order valence-corrected chi connectivity index (χ1v) is 5.97. The highest BCUT2D eigenvalue weighted by atomic mass is 16.5. The van der Waals surface area contributed by atoms with Gasteiger partial charge in [-0.15, -0.1) is 0 Å². The van der Waals surface area contributed by atoms with E-state index in [0.717, 1.165) is 5.56 Å². The molecule has 0 aromatic heterocycles. The zero-order valence-electron chi connectivity index (χ0n) is 12.1. The molecular formula is C14H21NO4. The smallest absolute Gasteiger partial charge is 0.305 e. The van der Waals surface area contributed by atoms with E-state index >= 15 is 0 Å². The number of hydrogen-bond acceptors (Lipinski definition) is 4. The average molecular weight is 267 g/mol. The number of aliphatic carboxylic acids is 1. The van der Waals surface area contributed by atoms with Gasteiger partial charge in [0.05, 0.1) is 26.2 Å². The summed E-state index contributed by atoms with van der Waals surface area (Å²) in [7, 11) is 6.85. The third-order valence-electron chi connectivity index (χ3n) is 3.47. The molecule has 0 bridgehead atoms. The average Bonchev–Trinajstić information content (AvgIpc) is 2.36. The monoisotopic (exact) mass is 267 g/mol. The molecule has 1 N–H and O–H groups in total. The second-order valence-corrected chi connectivity index (χ2v) is 4.81. The SMILES string of the molecule is COc1ccc(OC)c(C(C)(CC(=O)O)N(C)C)c1. The number of ether oxygens (including phenoxy) is 2. The summed E-state index contributed by atoms with van der Waals surface area (Å²) in [6, 6.07) is 5.40. The Morgan fingerprint density at radius 3 is 2.37 bits per heavy atom. The first kappa shape index (κ1) is 15.3. The van der Waals surface area contributed by atoms with E-state index in [4.69, 9.17) is 14.6 Å². The molecule has 0 radical (unpaired) electrons. The summed E-state index contributed by atoms with van der Waals surface area (Å²) < 4.78 is 10.6. The van der Waals surface area contributed by atoms with Crippen LogP contribution in [0.15, 0.2) is 18.2 Å². The van der Waals surface area contributed by atoms with Gasteiger partial charge in [0.15, 0.2) is 0 Å². The predicted octanol–water partition coefficient (Wildman–Crippen LogP) is 1.96. The maximum Gasteiger partial charge on any atom is 0.305 e. The summed E-state index contributed by atoms with van der Waals surface area (Å²) >= 11 is 0. The summed E-state index contributed by atoms with van der Waals surface area (Å²) in [6.07, 6.45) is -0.0243. The van der Waals surface area contributed by atoms with Crippen molar-refractivity contribution >= 4 is 5.97 Å². The molecule has 0 saturated carbocycles. The van der Waals surface area contributed by atoms with Crippen LogP contribution in [0.2, 0.25) is 0 Å². The number of benzene rings is 1. The molecule has 19 heavy (non-hydrogen) atoms. The molecule has 0 saturated heterocycles. The molecule has 0 aliphatic heterocycles. The maximum atomic E-state index is 11.1. The fourth-order valence-electron chi connectivity index (χ4n) is 2.02. The third kappa shape index (κ3) is 3.17. The van der Waals surface area contributed by atoms with Gasteiger partial charge in [-0.2, -0.15) is 0 Å². The van der Waals surface area contributed by atoms with Crippen LogP contribution in [-0.2, 0) is 10.3 Å². The molecular weight excluding hydrogens is 246 g/mol. The van der Waals surface area contributed by atoms with E-state index in [-0.39, 0.29) is 6.42 Å². The quantitative estimate of drug-likeness (QED) is 0.853. The Morgan fingerprint density at radius 2 is 1.95 bits per heavy atom. The first-order valence-electron chi connectivity index (χ1n) is 5.97. The molecule has 0 amide bonds. The van der Waals surface area contributed by atoms with Crippen molar-refractivity contribution < 1.29 is 19.4 Å². The number of rotatable bonds is 6. The van der Waals surface area contributed by atoms with Crippen LogP contribution in [0, 0.1) is 0 Å². The first-order chi connectivity index (χ1) is 8.85. The van der Waals surface area contributed by atoms with Crippen molar-refractivity contribution in [1.82, 2.24) is 4.90 Å². The van der Waals surface area contributed by atoms with Gasteiger partial charge >= 0.3 is 5.97 Å². The maximum absolute atomic E-state index is 11.1. The van der Waals surface area contributed by atoms with Crippen LogP contribution in [0.4, 0.5) is 0 Å². The van der Waals surface area contributed by atoms with E-state index in [1.54, 1.807) is 26.4 Å². The largest absolute Gasteiger partial charge is 0.497 e. The Labute approximate surface area is 113 Å². The molecule has 0 heterocycles. The lowest BCUT2D eigenvalue weighted by Crippen LogP contribution is -2.40. The van der Waals surface area contributed by atoms with Crippen molar-refractivity contribution in [2.45, 2.75) is 18.9 Å². The van der Waals surface area contributed by atoms with Crippen LogP contribution in [0.1, 0.15) is 18.9 Å². The Balaban J connectivity index is 3.39. The number of carboxylic acid groups (broad SMARTS) is 1. The van der Waals surface area contributed by atoms with Gasteiger partial charge in [0, 0.05) is 5.56 Å². The normalized spacial score (nSPS) is 14.0. The van der Waals surface area contributed by atoms with Crippen LogP contribution >= 0.6 is 0 Å². The molecule has 0 spiro atoms. The highest BCUT2D eigenvalue weighted by Crippen LogP contribution is 2.38. The van der Waals surface area contributed by atoms with Gasteiger partial charge in [-0.05, 0) is 39.2 Å². The summed E-state index contributed by atoms with van der Waals surface area (Å²) in [6.45, 7) is 1.87. The zero-order valence-corrected chi connectivity index (χ0v) is 12.1. The van der Waals surface area contributed by atoms with Crippen LogP contribution in [0.25, 0.3) is 0 Å². The molecule has 5 heteroatoms. The highest BCUT2D eigenvalue weighted by molar-refractivity contribution is 5.69. The lowest BCUT2D eigenvalue weighted by molar-refractivity contribution is -0.140. The molecule has 1 rings (SSSR count). The van der Waals surface area contributed by atoms with Crippen molar-refractivity contribution in [2.24, 2.45) is 0 Å². The minimum Gasteiger partial charge on any atom is -0.497 e. The van der Waals surface area contributed by atoms with Crippen molar-refractivity contribution in [2.75, 3.05) is 28.3 Å². The molecule has 5 nitrogen and oxygen atoms in total. The van der Waals surface area contributed by atoms with E-state index < -0.39 is 11.5 Å². The van der Waals surface area contributed by atoms with Crippen LogP contribution < -0.4 is 9.47 Å². The van der Waals surface area contributed by atoms with Crippen LogP contribution in [0.5, 0.6) is 11.5 Å². The molecule has 106 valence electrons. The van der Waals surface area contributed by atoms with Crippen molar-refractivity contribution in [3.63, 3.8) is 0 Å². The number of carboxylic acids is 1. The summed E-state index contributed by atoms with van der Waals surface area (Å²) in [5.41, 5.74) is 0.118. The van der Waals surface area contributed by atoms with Crippen molar-refractivity contribution in [1.29, 1.82) is 0 Å². The number of carbonyl (C=O) groups is 1. The van der Waals surface area contributed by atoms with Gasteiger partial charge in [0.2, 0.25) is 0 Å². The standard InChI is InChI=1S/C14H21NO4/c1-14(15(2)3,9-13(16)17)11-8-10(18-4)6-7-12(11)19-5/h6-8H,9H2,1-5H3,(H,16,17). The zero-order chi connectivity index (χ0) is 14.6. The summed E-state index contributed by atoms with van der Waals surface area (Å²) in [5, 5.41) is 9.15. The number of nitrogens with zero attached hydrogens (tertiary/aromatic N) is 1. The third-order valence-corrected chi connectivity index (χ3v) is 3.47. The summed E-state index contributed by atoms with van der Waals surface area (Å²) in [5.74, 6) is 0.466. The molecule has 1 atom stereocenters. The Morgan fingerprint density at radius 1 is 1.32 bits per heavy atom. The minimum atomic E-state index is -0.860. The van der Waals surface area contributed by atoms with Gasteiger partial charge in [-0.25, -0.2) is 0 Å². The Hall–Kier alpha value is -1.75. The lowest BCUT2D eigenvalue weighted by atomic mass is 9.86. The van der Waals surface area contributed by atoms with Crippen molar-refractivity contribution in [3.05, 3.63) is 23.8 Å². The fraction of sp³-hybridized carbons (Fsp3) is 0.500. The molecule has 1 unspecified atom stereocenters. The van der Waals surface area contributed by atoms with Gasteiger partial charge in [0.1, 0.15) is 11.5 Å². The molecule has 1 aromatic carbocycles. The molecule has 0 fully saturated rings. The van der Waals surface area contributed by atoms with Crippen LogP contribution in [-0.4, -0.2) is 44.3 Å². The predicted molar refractivity (Wildman–Crippen MR) is 72.8 cm³/mol. The molecule has 0 aliphatic carbocycles. The second kappa shape index (κ2) is 5.93. The second-order valence-electron chi connectivity index (χ2n) is 4.81. The van der Waals surface area contributed by atoms with E-state index in [2.05, 4.69) is 0 Å². The van der Waals surface area contributed by atoms with Crippen LogP contribution in [0.3, 0.4) is 0 Å². The Bertz CT molecular complexity index is 459. The van der Waals surface area contributed by atoms with Gasteiger partial charge in [0.25, 0.3) is 0 Å². The van der Waals surface area contributed by atoms with Gasteiger partial charge in [-0.1, -0.05) is 0 Å². The van der Waals surface area contributed by atoms with Crippen molar-refractivity contribution in [3.8, 4) is 11.5 Å². The van der Waals surface area contributed by atoms with E-state index in [9.17, 15) is 4.79 Å². The van der Waals surface area contributed by atoms with Gasteiger partial charge < -0.3 is 14.6 Å². The van der Waals surface area contributed by atoms with E-state index in [1.807, 2.05) is 32.0 Å². The summed E-state index contributed by atoms with van der Waals surface area (Å²) in [4.78, 5) is 13.0. The van der Waals surface area contributed by atoms with Gasteiger partial charge in [-0.3, -0.25) is 9.69 Å². The molecule has 1 aromatic rings. The topological polar surface area (TPSA) is 59.0 Å². The number of methoxy groups -OCH3 is 2. The number of hydrogen-bond donors (Lipinski definition) is 1. The highest BCUT2D eigenvalue weighted by Gasteiger charge is 2.35. The fourth-order valence-corrected chi connectivity index (χ4v) is 2.02. The minimum absolute atomic E-state index is 0.0243. The molecule has 0 aliphatic rings. The van der Waals surface area contributed by atoms with E-state index in [0.29, 0.717) is 11.5 Å². The lowest BCUT2D eigenvalue weighted by Gasteiger charge is -2.36.